The lowest BCUT2D eigenvalue weighted by Gasteiger charge is -2.24. The van der Waals surface area contributed by atoms with Crippen LogP contribution in [-0.4, -0.2) is 60.3 Å². The number of β-amino-alcohol motifs (C(OH)–C–C–N with tert-alkyl or cyclic N) is 1. The van der Waals surface area contributed by atoms with Crippen LogP contribution in [0, 0.1) is 0 Å². The average molecular weight is 246 g/mol. The zero-order valence-electron chi connectivity index (χ0n) is 8.79. The Morgan fingerprint density at radius 2 is 2.31 bits per heavy atom. The second-order valence-electron chi connectivity index (χ2n) is 3.74. The average Bonchev–Trinajstić information content (AvgIpc) is 2.86. The van der Waals surface area contributed by atoms with E-state index in [1.54, 1.807) is 0 Å². The maximum atomic E-state index is 12.0. The SMILES string of the molecule is CN([C@@H]1CNC[C@H]1O)S(=O)(=O)c1ccn[nH]1. The predicted octanol–water partition coefficient (Wildman–Crippen LogP) is -1.64. The van der Waals surface area contributed by atoms with Crippen molar-refractivity contribution in [3.05, 3.63) is 12.3 Å². The summed E-state index contributed by atoms with van der Waals surface area (Å²) in [5.41, 5.74) is 0. The number of aliphatic hydroxyl groups excluding tert-OH is 1. The van der Waals surface area contributed by atoms with E-state index >= 15 is 0 Å². The molecule has 0 amide bonds. The van der Waals surface area contributed by atoms with Crippen LogP contribution in [0.1, 0.15) is 0 Å². The Hall–Kier alpha value is -0.960. The molecule has 16 heavy (non-hydrogen) atoms. The first kappa shape index (κ1) is 11.5. The van der Waals surface area contributed by atoms with Crippen LogP contribution in [0.3, 0.4) is 0 Å². The molecule has 2 heterocycles. The van der Waals surface area contributed by atoms with E-state index in [0.29, 0.717) is 13.1 Å². The van der Waals surface area contributed by atoms with Gasteiger partial charge in [0.25, 0.3) is 10.0 Å². The highest BCUT2D eigenvalue weighted by Crippen LogP contribution is 2.17. The number of likely N-dealkylation sites (N-methyl/N-ethyl adjacent to an activating group) is 1. The van der Waals surface area contributed by atoms with Crippen molar-refractivity contribution in [3.63, 3.8) is 0 Å². The Balaban J connectivity index is 2.24. The molecule has 0 spiro atoms. The van der Waals surface area contributed by atoms with Crippen LogP contribution in [0.15, 0.2) is 17.3 Å². The first-order valence-electron chi connectivity index (χ1n) is 4.89. The lowest BCUT2D eigenvalue weighted by atomic mass is 10.2. The molecule has 7 nitrogen and oxygen atoms in total. The summed E-state index contributed by atoms with van der Waals surface area (Å²) in [7, 11) is -2.14. The van der Waals surface area contributed by atoms with E-state index < -0.39 is 22.2 Å². The van der Waals surface area contributed by atoms with E-state index in [-0.39, 0.29) is 5.03 Å². The molecule has 90 valence electrons. The van der Waals surface area contributed by atoms with Crippen molar-refractivity contribution in [2.45, 2.75) is 17.2 Å². The van der Waals surface area contributed by atoms with Crippen LogP contribution in [0.2, 0.25) is 0 Å². The molecule has 3 N–H and O–H groups in total. The molecule has 0 aliphatic carbocycles. The second kappa shape index (κ2) is 4.13. The summed E-state index contributed by atoms with van der Waals surface area (Å²) in [5.74, 6) is 0. The predicted molar refractivity (Wildman–Crippen MR) is 56.2 cm³/mol. The van der Waals surface area contributed by atoms with E-state index in [9.17, 15) is 13.5 Å². The molecule has 1 aromatic heterocycles. The monoisotopic (exact) mass is 246 g/mol. The molecule has 1 fully saturated rings. The van der Waals surface area contributed by atoms with E-state index in [1.165, 1.54) is 23.6 Å². The molecular formula is C8H14N4O3S. The van der Waals surface area contributed by atoms with Gasteiger partial charge in [0.05, 0.1) is 18.3 Å². The molecule has 0 saturated carbocycles. The summed E-state index contributed by atoms with van der Waals surface area (Å²) in [4.78, 5) is 0. The highest BCUT2D eigenvalue weighted by molar-refractivity contribution is 7.89. The molecule has 1 aromatic rings. The zero-order chi connectivity index (χ0) is 11.8. The van der Waals surface area contributed by atoms with Crippen molar-refractivity contribution in [2.24, 2.45) is 0 Å². The maximum Gasteiger partial charge on any atom is 0.260 e. The Morgan fingerprint density at radius 1 is 1.56 bits per heavy atom. The number of hydrogen-bond acceptors (Lipinski definition) is 5. The van der Waals surface area contributed by atoms with Crippen molar-refractivity contribution in [2.75, 3.05) is 20.1 Å². The van der Waals surface area contributed by atoms with Gasteiger partial charge in [-0.1, -0.05) is 0 Å². The topological polar surface area (TPSA) is 98.3 Å². The molecule has 8 heteroatoms. The maximum absolute atomic E-state index is 12.0. The summed E-state index contributed by atoms with van der Waals surface area (Å²) in [6.07, 6.45) is 0.701. The largest absolute Gasteiger partial charge is 0.390 e. The van der Waals surface area contributed by atoms with Gasteiger partial charge < -0.3 is 10.4 Å². The fourth-order valence-electron chi connectivity index (χ4n) is 1.74. The van der Waals surface area contributed by atoms with Gasteiger partial charge in [0, 0.05) is 20.1 Å². The minimum atomic E-state index is -3.60. The van der Waals surface area contributed by atoms with Gasteiger partial charge in [0.15, 0.2) is 5.03 Å². The Morgan fingerprint density at radius 3 is 2.81 bits per heavy atom. The first-order valence-corrected chi connectivity index (χ1v) is 6.33. The fourth-order valence-corrected chi connectivity index (χ4v) is 3.02. The summed E-state index contributed by atoms with van der Waals surface area (Å²) in [5, 5.41) is 18.6. The van der Waals surface area contributed by atoms with Gasteiger partial charge in [-0.15, -0.1) is 0 Å². The normalized spacial score (nSPS) is 26.4. The summed E-state index contributed by atoms with van der Waals surface area (Å²) in [6.45, 7) is 0.860. The molecule has 0 bridgehead atoms. The highest BCUT2D eigenvalue weighted by atomic mass is 32.2. The van der Waals surface area contributed by atoms with Crippen molar-refractivity contribution in [1.29, 1.82) is 0 Å². The molecule has 0 aromatic carbocycles. The van der Waals surface area contributed by atoms with E-state index in [2.05, 4.69) is 15.5 Å². The third-order valence-electron chi connectivity index (χ3n) is 2.75. The number of H-pyrrole nitrogens is 1. The number of nitrogens with one attached hydrogen (secondary N) is 2. The van der Waals surface area contributed by atoms with Crippen molar-refractivity contribution in [3.8, 4) is 0 Å². The molecule has 1 saturated heterocycles. The fraction of sp³-hybridized carbons (Fsp3) is 0.625. The van der Waals surface area contributed by atoms with Crippen molar-refractivity contribution < 1.29 is 13.5 Å². The standard InChI is InChI=1S/C8H14N4O3S/c1-12(6-4-9-5-7(6)13)16(14,15)8-2-3-10-11-8/h2-3,6-7,9,13H,4-5H2,1H3,(H,10,11)/t6-,7-/m1/s1. The van der Waals surface area contributed by atoms with Gasteiger partial charge in [-0.3, -0.25) is 5.10 Å². The van der Waals surface area contributed by atoms with Crippen LogP contribution in [0.4, 0.5) is 0 Å². The van der Waals surface area contributed by atoms with Crippen molar-refractivity contribution in [1.82, 2.24) is 19.8 Å². The molecule has 1 aliphatic rings. The smallest absolute Gasteiger partial charge is 0.260 e. The summed E-state index contributed by atoms with van der Waals surface area (Å²) >= 11 is 0. The number of aromatic nitrogens is 2. The van der Waals surface area contributed by atoms with E-state index in [4.69, 9.17) is 0 Å². The van der Waals surface area contributed by atoms with Gasteiger partial charge in [-0.25, -0.2) is 8.42 Å². The Bertz CT molecular complexity index is 444. The van der Waals surface area contributed by atoms with Gasteiger partial charge in [0.2, 0.25) is 0 Å². The van der Waals surface area contributed by atoms with Gasteiger partial charge in [-0.2, -0.15) is 9.40 Å². The van der Waals surface area contributed by atoms with Gasteiger partial charge >= 0.3 is 0 Å². The number of hydrogen-bond donors (Lipinski definition) is 3. The Labute approximate surface area is 93.5 Å². The number of rotatable bonds is 3. The van der Waals surface area contributed by atoms with Crippen LogP contribution < -0.4 is 5.32 Å². The molecule has 1 aliphatic heterocycles. The highest BCUT2D eigenvalue weighted by Gasteiger charge is 2.36. The van der Waals surface area contributed by atoms with Gasteiger partial charge in [-0.05, 0) is 6.07 Å². The third-order valence-corrected chi connectivity index (χ3v) is 4.56. The first-order chi connectivity index (χ1) is 7.53. The second-order valence-corrected chi connectivity index (χ2v) is 5.70. The quantitative estimate of drug-likeness (QED) is 0.594. The van der Waals surface area contributed by atoms with Crippen LogP contribution >= 0.6 is 0 Å². The molecular weight excluding hydrogens is 232 g/mol. The summed E-state index contributed by atoms with van der Waals surface area (Å²) in [6, 6.07) is 0.953. The molecule has 0 unspecified atom stereocenters. The minimum absolute atomic E-state index is 0.0362. The number of nitrogens with zero attached hydrogens (tertiary/aromatic N) is 2. The third kappa shape index (κ3) is 1.84. The minimum Gasteiger partial charge on any atom is -0.390 e. The van der Waals surface area contributed by atoms with Crippen LogP contribution in [0.5, 0.6) is 0 Å². The Kier molecular flexibility index (Phi) is 2.98. The molecule has 2 rings (SSSR count). The van der Waals surface area contributed by atoms with Crippen molar-refractivity contribution >= 4 is 10.0 Å². The lowest BCUT2D eigenvalue weighted by Crippen LogP contribution is -2.44. The zero-order valence-corrected chi connectivity index (χ0v) is 9.61. The van der Waals surface area contributed by atoms with Crippen LogP contribution in [0.25, 0.3) is 0 Å². The number of aromatic amines is 1. The van der Waals surface area contributed by atoms with E-state index in [0.717, 1.165) is 0 Å². The molecule has 2 atom stereocenters. The number of aliphatic hydroxyl groups is 1. The lowest BCUT2D eigenvalue weighted by molar-refractivity contribution is 0.136. The van der Waals surface area contributed by atoms with Gasteiger partial charge in [0.1, 0.15) is 0 Å². The summed E-state index contributed by atoms with van der Waals surface area (Å²) < 4.78 is 25.3. The molecule has 0 radical (unpaired) electrons. The van der Waals surface area contributed by atoms with Crippen LogP contribution in [-0.2, 0) is 10.0 Å². The van der Waals surface area contributed by atoms with E-state index in [1.807, 2.05) is 0 Å². The number of sulfonamides is 1.